The molecule has 62 heavy (non-hydrogen) atoms. The Morgan fingerprint density at radius 3 is 2.47 bits per heavy atom. The van der Waals surface area contributed by atoms with Gasteiger partial charge >= 0.3 is 6.03 Å². The lowest BCUT2D eigenvalue weighted by molar-refractivity contribution is -0.120. The van der Waals surface area contributed by atoms with Gasteiger partial charge in [0.25, 0.3) is 5.56 Å². The first-order valence-corrected chi connectivity index (χ1v) is 23.7. The second kappa shape index (κ2) is 18.0. The van der Waals surface area contributed by atoms with E-state index in [-0.39, 0.29) is 46.5 Å². The van der Waals surface area contributed by atoms with Crippen LogP contribution in [0.15, 0.2) is 64.7 Å². The Balaban J connectivity index is 0.702. The summed E-state index contributed by atoms with van der Waals surface area (Å²) in [6, 6.07) is 10.4. The number of amides is 3. The number of likely N-dealkylation sites (tertiary alicyclic amines) is 1. The number of nitrogens with zero attached hydrogens (tertiary/aromatic N) is 7. The zero-order chi connectivity index (χ0) is 43.0. The molecule has 328 valence electrons. The molecule has 2 saturated carbocycles. The van der Waals surface area contributed by atoms with Crippen LogP contribution in [-0.4, -0.2) is 94.6 Å². The summed E-state index contributed by atoms with van der Waals surface area (Å²) in [4.78, 5) is 55.1. The zero-order valence-electron chi connectivity index (χ0n) is 34.9. The van der Waals surface area contributed by atoms with Crippen LogP contribution in [0.5, 0.6) is 0 Å². The molecule has 16 nitrogen and oxygen atoms in total. The minimum atomic E-state index is -3.77. The van der Waals surface area contributed by atoms with Gasteiger partial charge in [-0.2, -0.15) is 4.98 Å². The van der Waals surface area contributed by atoms with Gasteiger partial charge in [0, 0.05) is 55.6 Å². The average Bonchev–Trinajstić information content (AvgIpc) is 3.95. The second-order valence-electron chi connectivity index (χ2n) is 17.2. The van der Waals surface area contributed by atoms with E-state index >= 15 is 0 Å². The molecule has 4 aliphatic rings. The molecule has 4 aromatic heterocycles. The van der Waals surface area contributed by atoms with Gasteiger partial charge in [-0.25, -0.2) is 27.9 Å². The molecule has 6 heterocycles. The van der Waals surface area contributed by atoms with E-state index in [1.807, 2.05) is 17.5 Å². The molecule has 2 aliphatic heterocycles. The fourth-order valence-corrected chi connectivity index (χ4v) is 11.0. The van der Waals surface area contributed by atoms with E-state index < -0.39 is 16.1 Å². The van der Waals surface area contributed by atoms with Crippen molar-refractivity contribution in [1.82, 2.24) is 38.9 Å². The summed E-state index contributed by atoms with van der Waals surface area (Å²) in [6.45, 7) is 5.83. The number of carbonyl (C=O) groups excluding carboxylic acids is 2. The standard InChI is InChI=1S/C44H53ClN10O6S/c1-28-22-35(10-11-37(28)49-43-47-25-32-23-36(45)42(57)55(41(32)51-43)33-4-2-3-5-33)62(59,60)48-16-21-61-34-8-6-29(7-9-34)27-52-17-12-30(13-18-52)31-14-19-53-38(24-31)46-26-40(53)54-20-15-39(56)50-44(54)58/h10-11,14,19,22-26,29-30,33-34,48H,2-9,12-13,15-18,20-21,27H2,1H3,(H,47,49,51)(H,50,56,58). The van der Waals surface area contributed by atoms with Gasteiger partial charge in [0.1, 0.15) is 22.1 Å². The van der Waals surface area contributed by atoms with E-state index in [2.05, 4.69) is 42.4 Å². The zero-order valence-corrected chi connectivity index (χ0v) is 36.5. The van der Waals surface area contributed by atoms with Crippen LogP contribution in [0.2, 0.25) is 5.02 Å². The Kier molecular flexibility index (Phi) is 12.3. The average molecular weight is 885 g/mol. The number of sulfonamides is 1. The summed E-state index contributed by atoms with van der Waals surface area (Å²) in [5.41, 5.74) is 3.70. The summed E-state index contributed by atoms with van der Waals surface area (Å²) in [5.74, 6) is 1.79. The summed E-state index contributed by atoms with van der Waals surface area (Å²) in [5, 5.41) is 6.42. The molecule has 0 radical (unpaired) electrons. The van der Waals surface area contributed by atoms with Crippen molar-refractivity contribution in [3.63, 3.8) is 0 Å². The number of pyridine rings is 2. The summed E-state index contributed by atoms with van der Waals surface area (Å²) >= 11 is 6.28. The molecule has 3 amide bonds. The Morgan fingerprint density at radius 2 is 1.71 bits per heavy atom. The van der Waals surface area contributed by atoms with E-state index in [0.717, 1.165) is 89.5 Å². The predicted molar refractivity (Wildman–Crippen MR) is 237 cm³/mol. The van der Waals surface area contributed by atoms with Crippen molar-refractivity contribution in [2.75, 3.05) is 49.5 Å². The summed E-state index contributed by atoms with van der Waals surface area (Å²) < 4.78 is 39.0. The van der Waals surface area contributed by atoms with Crippen molar-refractivity contribution in [2.45, 2.75) is 101 Å². The summed E-state index contributed by atoms with van der Waals surface area (Å²) in [7, 11) is -3.77. The minimum absolute atomic E-state index is 0.0437. The van der Waals surface area contributed by atoms with Crippen LogP contribution in [0, 0.1) is 12.8 Å². The number of imidazole rings is 1. The molecule has 9 rings (SSSR count). The van der Waals surface area contributed by atoms with Gasteiger partial charge in [0.2, 0.25) is 21.9 Å². The SMILES string of the molecule is Cc1cc(S(=O)(=O)NCCOC2CCC(CN3CCC(c4ccn5c(N6CCC(=O)NC6=O)cnc5c4)CC3)CC2)ccc1Nc1ncc2cc(Cl)c(=O)n(C3CCCC3)c2n1. The van der Waals surface area contributed by atoms with E-state index in [0.29, 0.717) is 59.0 Å². The largest absolute Gasteiger partial charge is 0.377 e. The molecule has 5 aromatic rings. The normalized spacial score (nSPS) is 21.0. The minimum Gasteiger partial charge on any atom is -0.377 e. The van der Waals surface area contributed by atoms with Gasteiger partial charge in [0.15, 0.2) is 0 Å². The smallest absolute Gasteiger partial charge is 0.329 e. The number of anilines is 3. The highest BCUT2D eigenvalue weighted by Gasteiger charge is 2.29. The predicted octanol–water partition coefficient (Wildman–Crippen LogP) is 6.44. The van der Waals surface area contributed by atoms with Crippen molar-refractivity contribution in [2.24, 2.45) is 5.92 Å². The lowest BCUT2D eigenvalue weighted by Crippen LogP contribution is -2.50. The highest BCUT2D eigenvalue weighted by molar-refractivity contribution is 7.89. The molecule has 0 unspecified atom stereocenters. The Bertz CT molecular complexity index is 2650. The van der Waals surface area contributed by atoms with Gasteiger partial charge in [0.05, 0.1) is 23.8 Å². The number of urea groups is 1. The van der Waals surface area contributed by atoms with Crippen LogP contribution in [0.3, 0.4) is 0 Å². The van der Waals surface area contributed by atoms with Gasteiger partial charge in [-0.1, -0.05) is 24.4 Å². The van der Waals surface area contributed by atoms with Crippen molar-refractivity contribution in [3.05, 3.63) is 81.5 Å². The van der Waals surface area contributed by atoms with Crippen LogP contribution in [0.1, 0.15) is 93.7 Å². The lowest BCUT2D eigenvalue weighted by Gasteiger charge is -2.36. The van der Waals surface area contributed by atoms with Crippen LogP contribution in [0.25, 0.3) is 16.7 Å². The molecule has 0 bridgehead atoms. The number of benzene rings is 1. The molecule has 0 spiro atoms. The number of carbonyl (C=O) groups is 2. The van der Waals surface area contributed by atoms with Crippen LogP contribution in [0.4, 0.5) is 22.2 Å². The number of halogens is 1. The van der Waals surface area contributed by atoms with E-state index in [1.54, 1.807) is 46.1 Å². The number of hydrogen-bond acceptors (Lipinski definition) is 11. The van der Waals surface area contributed by atoms with Crippen molar-refractivity contribution in [1.29, 1.82) is 0 Å². The molecular weight excluding hydrogens is 832 g/mol. The molecule has 4 fully saturated rings. The first-order valence-electron chi connectivity index (χ1n) is 21.9. The van der Waals surface area contributed by atoms with Crippen molar-refractivity contribution in [3.8, 4) is 0 Å². The highest BCUT2D eigenvalue weighted by Crippen LogP contribution is 2.34. The van der Waals surface area contributed by atoms with Crippen LogP contribution >= 0.6 is 11.6 Å². The highest BCUT2D eigenvalue weighted by atomic mass is 35.5. The van der Waals surface area contributed by atoms with Gasteiger partial charge in [-0.05, 0) is 131 Å². The van der Waals surface area contributed by atoms with Gasteiger partial charge in [-0.3, -0.25) is 28.8 Å². The maximum Gasteiger partial charge on any atom is 0.329 e. The Hall–Kier alpha value is -4.94. The second-order valence-corrected chi connectivity index (χ2v) is 19.4. The molecule has 0 atom stereocenters. The topological polar surface area (TPSA) is 185 Å². The van der Waals surface area contributed by atoms with Crippen molar-refractivity contribution < 1.29 is 22.7 Å². The third-order valence-electron chi connectivity index (χ3n) is 13.1. The quantitative estimate of drug-likeness (QED) is 0.111. The Labute approximate surface area is 365 Å². The Morgan fingerprint density at radius 1 is 0.919 bits per heavy atom. The number of ether oxygens (including phenoxy) is 1. The first-order chi connectivity index (χ1) is 30.0. The molecule has 2 saturated heterocycles. The molecule has 18 heteroatoms. The lowest BCUT2D eigenvalue weighted by atomic mass is 9.85. The van der Waals surface area contributed by atoms with E-state index in [1.165, 1.54) is 5.56 Å². The van der Waals surface area contributed by atoms with Gasteiger partial charge in [-0.15, -0.1) is 0 Å². The molecule has 2 aliphatic carbocycles. The monoisotopic (exact) mass is 884 g/mol. The number of aromatic nitrogens is 5. The fourth-order valence-electron chi connectivity index (χ4n) is 9.71. The summed E-state index contributed by atoms with van der Waals surface area (Å²) in [6.07, 6.45) is 15.9. The van der Waals surface area contributed by atoms with E-state index in [9.17, 15) is 22.8 Å². The van der Waals surface area contributed by atoms with E-state index in [4.69, 9.17) is 21.3 Å². The van der Waals surface area contributed by atoms with Crippen LogP contribution < -0.4 is 25.8 Å². The number of piperidine rings is 1. The molecule has 1 aromatic carbocycles. The fraction of sp³-hybridized carbons (Fsp3) is 0.500. The number of fused-ring (bicyclic) bond motifs is 2. The first kappa shape index (κ1) is 42.4. The number of aryl methyl sites for hydroxylation is 1. The van der Waals surface area contributed by atoms with Gasteiger partial charge < -0.3 is 15.0 Å². The number of nitrogens with one attached hydrogen (secondary N) is 3. The maximum atomic E-state index is 13.2. The number of rotatable bonds is 13. The third-order valence-corrected chi connectivity index (χ3v) is 14.9. The number of hydrogen-bond donors (Lipinski definition) is 3. The molecule has 3 N–H and O–H groups in total. The molecular formula is C44H53ClN10O6S. The number of imide groups is 1. The van der Waals surface area contributed by atoms with Crippen molar-refractivity contribution >= 4 is 67.7 Å². The maximum absolute atomic E-state index is 13.2. The third kappa shape index (κ3) is 9.09. The van der Waals surface area contributed by atoms with Crippen LogP contribution in [-0.2, 0) is 19.6 Å².